The van der Waals surface area contributed by atoms with E-state index in [-0.39, 0.29) is 11.4 Å². The highest BCUT2D eigenvalue weighted by Crippen LogP contribution is 2.27. The first-order chi connectivity index (χ1) is 9.41. The number of para-hydroxylation sites is 2. The number of nitrogens with one attached hydrogen (secondary N) is 1. The van der Waals surface area contributed by atoms with E-state index in [2.05, 4.69) is 5.32 Å². The molecule has 8 nitrogen and oxygen atoms in total. The Morgan fingerprint density at radius 1 is 1.20 bits per heavy atom. The molecule has 1 fully saturated rings. The molecule has 20 heavy (non-hydrogen) atoms. The lowest BCUT2D eigenvalue weighted by molar-refractivity contribution is -0.384. The second-order valence-corrected chi connectivity index (χ2v) is 4.65. The van der Waals surface area contributed by atoms with Crippen LogP contribution in [0.3, 0.4) is 0 Å². The molecule has 0 amide bonds. The van der Waals surface area contributed by atoms with Gasteiger partial charge in [0.15, 0.2) is 6.23 Å². The molecule has 1 aliphatic rings. The van der Waals surface area contributed by atoms with Gasteiger partial charge in [0.25, 0.3) is 5.69 Å². The van der Waals surface area contributed by atoms with E-state index in [1.165, 1.54) is 25.1 Å². The van der Waals surface area contributed by atoms with Crippen molar-refractivity contribution in [1.29, 1.82) is 0 Å². The summed E-state index contributed by atoms with van der Waals surface area (Å²) in [5.74, 6) is 0. The number of nitro groups is 1. The lowest BCUT2D eigenvalue weighted by atomic mass is 9.99. The standard InChI is InChI=1S/C12H16N2O6/c1-6-9(15)10(16)11(17)12(20-6)13-7-4-2-3-5-8(7)14(18)19/h2-6,9-13,15-17H,1H3/t6-,9+,10-,11+,12-/m0/s1. The van der Waals surface area contributed by atoms with E-state index in [0.717, 1.165) is 0 Å². The molecule has 0 unspecified atom stereocenters. The topological polar surface area (TPSA) is 125 Å². The highest BCUT2D eigenvalue weighted by molar-refractivity contribution is 5.61. The van der Waals surface area contributed by atoms with Crippen LogP contribution < -0.4 is 5.32 Å². The molecule has 2 rings (SSSR count). The lowest BCUT2D eigenvalue weighted by Crippen LogP contribution is -2.58. The van der Waals surface area contributed by atoms with E-state index >= 15 is 0 Å². The number of benzene rings is 1. The van der Waals surface area contributed by atoms with Crippen LogP contribution in [0.15, 0.2) is 24.3 Å². The second kappa shape index (κ2) is 5.71. The van der Waals surface area contributed by atoms with Gasteiger partial charge in [-0.15, -0.1) is 0 Å². The van der Waals surface area contributed by atoms with Crippen LogP contribution >= 0.6 is 0 Å². The maximum Gasteiger partial charge on any atom is 0.292 e. The summed E-state index contributed by atoms with van der Waals surface area (Å²) in [6.07, 6.45) is -5.77. The lowest BCUT2D eigenvalue weighted by Gasteiger charge is -2.39. The van der Waals surface area contributed by atoms with Crippen molar-refractivity contribution in [2.75, 3.05) is 5.32 Å². The maximum absolute atomic E-state index is 10.9. The first kappa shape index (κ1) is 14.7. The van der Waals surface area contributed by atoms with Gasteiger partial charge >= 0.3 is 0 Å². The molecule has 5 atom stereocenters. The van der Waals surface area contributed by atoms with Crippen molar-refractivity contribution < 1.29 is 25.0 Å². The molecule has 110 valence electrons. The van der Waals surface area contributed by atoms with Gasteiger partial charge in [-0.3, -0.25) is 10.1 Å². The third-order valence-electron chi connectivity index (χ3n) is 3.25. The van der Waals surface area contributed by atoms with Gasteiger partial charge in [-0.1, -0.05) is 12.1 Å². The van der Waals surface area contributed by atoms with Crippen molar-refractivity contribution in [3.8, 4) is 0 Å². The fourth-order valence-electron chi connectivity index (χ4n) is 2.08. The van der Waals surface area contributed by atoms with Gasteiger partial charge in [0.05, 0.1) is 11.0 Å². The Labute approximate surface area is 114 Å². The number of anilines is 1. The van der Waals surface area contributed by atoms with E-state index in [9.17, 15) is 25.4 Å². The molecular formula is C12H16N2O6. The Balaban J connectivity index is 2.20. The average Bonchev–Trinajstić information content (AvgIpc) is 2.43. The zero-order valence-electron chi connectivity index (χ0n) is 10.7. The molecule has 1 aliphatic heterocycles. The van der Waals surface area contributed by atoms with E-state index < -0.39 is 35.6 Å². The van der Waals surface area contributed by atoms with Gasteiger partial charge in [0.1, 0.15) is 24.0 Å². The Kier molecular flexibility index (Phi) is 4.19. The molecular weight excluding hydrogens is 268 g/mol. The summed E-state index contributed by atoms with van der Waals surface area (Å²) in [4.78, 5) is 10.3. The van der Waals surface area contributed by atoms with Crippen molar-refractivity contribution in [1.82, 2.24) is 0 Å². The summed E-state index contributed by atoms with van der Waals surface area (Å²) in [5, 5.41) is 42.7. The molecule has 0 aliphatic carbocycles. The summed E-state index contributed by atoms with van der Waals surface area (Å²) in [6.45, 7) is 1.54. The van der Waals surface area contributed by atoms with E-state index in [4.69, 9.17) is 4.74 Å². The number of nitro benzene ring substituents is 1. The van der Waals surface area contributed by atoms with E-state index in [1.807, 2.05) is 0 Å². The van der Waals surface area contributed by atoms with Crippen molar-refractivity contribution in [3.05, 3.63) is 34.4 Å². The van der Waals surface area contributed by atoms with Gasteiger partial charge in [-0.05, 0) is 13.0 Å². The first-order valence-corrected chi connectivity index (χ1v) is 6.11. The average molecular weight is 284 g/mol. The minimum atomic E-state index is -1.40. The van der Waals surface area contributed by atoms with Crippen molar-refractivity contribution in [3.63, 3.8) is 0 Å². The van der Waals surface area contributed by atoms with Crippen molar-refractivity contribution in [2.45, 2.75) is 37.6 Å². The molecule has 1 heterocycles. The number of hydrogen-bond donors (Lipinski definition) is 4. The maximum atomic E-state index is 10.9. The van der Waals surface area contributed by atoms with Crippen LogP contribution in [0.25, 0.3) is 0 Å². The fourth-order valence-corrected chi connectivity index (χ4v) is 2.08. The summed E-state index contributed by atoms with van der Waals surface area (Å²) in [5.41, 5.74) is -0.00564. The van der Waals surface area contributed by atoms with Gasteiger partial charge in [-0.25, -0.2) is 0 Å². The number of hydrogen-bond acceptors (Lipinski definition) is 7. The summed E-state index contributed by atoms with van der Waals surface area (Å²) >= 11 is 0. The number of aliphatic hydroxyl groups is 3. The Hall–Kier alpha value is -1.74. The van der Waals surface area contributed by atoms with Crippen LogP contribution in [0.1, 0.15) is 6.92 Å². The smallest absolute Gasteiger partial charge is 0.292 e. The molecule has 0 bridgehead atoms. The monoisotopic (exact) mass is 284 g/mol. The molecule has 0 radical (unpaired) electrons. The first-order valence-electron chi connectivity index (χ1n) is 6.11. The molecule has 0 saturated carbocycles. The quantitative estimate of drug-likeness (QED) is 0.448. The SMILES string of the molecule is C[C@@H]1O[C@H](Nc2ccccc2[N+](=O)[O-])[C@H](O)[C@@H](O)[C@@H]1O. The van der Waals surface area contributed by atoms with E-state index in [1.54, 1.807) is 6.07 Å². The van der Waals surface area contributed by atoms with Crippen LogP contribution in [0.2, 0.25) is 0 Å². The molecule has 1 saturated heterocycles. The summed E-state index contributed by atoms with van der Waals surface area (Å²) < 4.78 is 5.33. The predicted molar refractivity (Wildman–Crippen MR) is 69.1 cm³/mol. The largest absolute Gasteiger partial charge is 0.388 e. The van der Waals surface area contributed by atoms with Gasteiger partial charge < -0.3 is 25.4 Å². The molecule has 1 aromatic rings. The highest BCUT2D eigenvalue weighted by atomic mass is 16.6. The summed E-state index contributed by atoms with van der Waals surface area (Å²) in [7, 11) is 0. The number of nitrogens with zero attached hydrogens (tertiary/aromatic N) is 1. The van der Waals surface area contributed by atoms with Gasteiger partial charge in [0, 0.05) is 6.07 Å². The summed E-state index contributed by atoms with van der Waals surface area (Å²) in [6, 6.07) is 5.89. The van der Waals surface area contributed by atoms with Crippen LogP contribution in [0.4, 0.5) is 11.4 Å². The van der Waals surface area contributed by atoms with Gasteiger partial charge in [0.2, 0.25) is 0 Å². The van der Waals surface area contributed by atoms with Gasteiger partial charge in [-0.2, -0.15) is 0 Å². The molecule has 1 aromatic carbocycles. The van der Waals surface area contributed by atoms with Crippen LogP contribution in [0.5, 0.6) is 0 Å². The fraction of sp³-hybridized carbons (Fsp3) is 0.500. The molecule has 4 N–H and O–H groups in total. The van der Waals surface area contributed by atoms with Crippen LogP contribution in [0, 0.1) is 10.1 Å². The third kappa shape index (κ3) is 2.73. The Bertz CT molecular complexity index is 497. The van der Waals surface area contributed by atoms with Crippen LogP contribution in [-0.4, -0.2) is 50.9 Å². The van der Waals surface area contributed by atoms with Crippen molar-refractivity contribution in [2.24, 2.45) is 0 Å². The highest BCUT2D eigenvalue weighted by Gasteiger charge is 2.42. The second-order valence-electron chi connectivity index (χ2n) is 4.65. The molecule has 0 aromatic heterocycles. The van der Waals surface area contributed by atoms with E-state index in [0.29, 0.717) is 0 Å². The number of aliphatic hydroxyl groups excluding tert-OH is 3. The molecule has 0 spiro atoms. The van der Waals surface area contributed by atoms with Crippen molar-refractivity contribution >= 4 is 11.4 Å². The Morgan fingerprint density at radius 2 is 1.85 bits per heavy atom. The molecule has 8 heteroatoms. The zero-order valence-corrected chi connectivity index (χ0v) is 10.7. The van der Waals surface area contributed by atoms with Crippen LogP contribution in [-0.2, 0) is 4.74 Å². The Morgan fingerprint density at radius 3 is 2.50 bits per heavy atom. The normalized spacial score (nSPS) is 33.7. The third-order valence-corrected chi connectivity index (χ3v) is 3.25. The minimum Gasteiger partial charge on any atom is -0.388 e. The minimum absolute atomic E-state index is 0.164. The number of rotatable bonds is 3. The number of ether oxygens (including phenoxy) is 1. The predicted octanol–water partition coefficient (Wildman–Crippen LogP) is -0.166. The zero-order chi connectivity index (χ0) is 14.9.